The number of hydrogen-bond acceptors (Lipinski definition) is 4. The SMILES string of the molecule is N#C/C(=C/NCCc1ccc(Cl)cc1)C(=O)Nc1ccccc1Sc1ccccc1. The number of rotatable bonds is 8. The zero-order valence-corrected chi connectivity index (χ0v) is 17.7. The molecule has 30 heavy (non-hydrogen) atoms. The van der Waals surface area contributed by atoms with E-state index in [2.05, 4.69) is 10.6 Å². The molecule has 0 saturated carbocycles. The van der Waals surface area contributed by atoms with Gasteiger partial charge in [-0.15, -0.1) is 0 Å². The van der Waals surface area contributed by atoms with Gasteiger partial charge >= 0.3 is 0 Å². The van der Waals surface area contributed by atoms with Gasteiger partial charge in [-0.1, -0.05) is 65.8 Å². The molecule has 0 unspecified atom stereocenters. The minimum atomic E-state index is -0.447. The number of hydrogen-bond donors (Lipinski definition) is 2. The number of nitrogens with zero attached hydrogens (tertiary/aromatic N) is 1. The van der Waals surface area contributed by atoms with Crippen molar-refractivity contribution < 1.29 is 4.79 Å². The van der Waals surface area contributed by atoms with E-state index in [1.165, 1.54) is 6.20 Å². The largest absolute Gasteiger partial charge is 0.389 e. The summed E-state index contributed by atoms with van der Waals surface area (Å²) in [6, 6.07) is 27.0. The van der Waals surface area contributed by atoms with Gasteiger partial charge < -0.3 is 10.6 Å². The molecule has 3 aromatic carbocycles. The number of carbonyl (C=O) groups excluding carboxylic acids is 1. The van der Waals surface area contributed by atoms with Crippen molar-refractivity contribution in [2.24, 2.45) is 0 Å². The average molecular weight is 434 g/mol. The van der Waals surface area contributed by atoms with Crippen LogP contribution in [-0.4, -0.2) is 12.5 Å². The van der Waals surface area contributed by atoms with Crippen molar-refractivity contribution in [2.75, 3.05) is 11.9 Å². The fourth-order valence-corrected chi connectivity index (χ4v) is 3.70. The van der Waals surface area contributed by atoms with Crippen molar-refractivity contribution in [3.63, 3.8) is 0 Å². The van der Waals surface area contributed by atoms with Gasteiger partial charge in [0.25, 0.3) is 5.91 Å². The van der Waals surface area contributed by atoms with E-state index in [-0.39, 0.29) is 5.57 Å². The van der Waals surface area contributed by atoms with Gasteiger partial charge in [-0.2, -0.15) is 5.26 Å². The van der Waals surface area contributed by atoms with Crippen LogP contribution in [0.2, 0.25) is 5.02 Å². The van der Waals surface area contributed by atoms with Gasteiger partial charge in [-0.3, -0.25) is 4.79 Å². The van der Waals surface area contributed by atoms with E-state index in [0.29, 0.717) is 17.3 Å². The van der Waals surface area contributed by atoms with Crippen LogP contribution in [-0.2, 0) is 11.2 Å². The Kier molecular flexibility index (Phi) is 7.96. The summed E-state index contributed by atoms with van der Waals surface area (Å²) in [6.07, 6.45) is 2.21. The summed E-state index contributed by atoms with van der Waals surface area (Å²) in [4.78, 5) is 14.6. The molecule has 0 bridgehead atoms. The monoisotopic (exact) mass is 433 g/mol. The first-order valence-corrected chi connectivity index (χ1v) is 10.6. The molecular weight excluding hydrogens is 414 g/mol. The van der Waals surface area contributed by atoms with Crippen molar-refractivity contribution in [1.29, 1.82) is 5.26 Å². The van der Waals surface area contributed by atoms with Crippen molar-refractivity contribution in [3.8, 4) is 6.07 Å². The van der Waals surface area contributed by atoms with Gasteiger partial charge in [0.15, 0.2) is 0 Å². The molecule has 0 radical (unpaired) electrons. The quantitative estimate of drug-likeness (QED) is 0.273. The summed E-state index contributed by atoms with van der Waals surface area (Å²) in [5.41, 5.74) is 1.81. The summed E-state index contributed by atoms with van der Waals surface area (Å²) < 4.78 is 0. The second-order valence-corrected chi connectivity index (χ2v) is 7.92. The van der Waals surface area contributed by atoms with Crippen LogP contribution in [0.3, 0.4) is 0 Å². The maximum Gasteiger partial charge on any atom is 0.267 e. The van der Waals surface area contributed by atoms with E-state index in [1.807, 2.05) is 84.9 Å². The molecule has 0 aliphatic rings. The number of anilines is 1. The Morgan fingerprint density at radius 2 is 1.70 bits per heavy atom. The van der Waals surface area contributed by atoms with E-state index in [1.54, 1.807) is 11.8 Å². The molecule has 0 fully saturated rings. The van der Waals surface area contributed by atoms with E-state index in [9.17, 15) is 10.1 Å². The minimum Gasteiger partial charge on any atom is -0.389 e. The van der Waals surface area contributed by atoms with Crippen LogP contribution in [0, 0.1) is 11.3 Å². The highest BCUT2D eigenvalue weighted by Crippen LogP contribution is 2.33. The van der Waals surface area contributed by atoms with E-state index < -0.39 is 5.91 Å². The average Bonchev–Trinajstić information content (AvgIpc) is 2.77. The topological polar surface area (TPSA) is 64.9 Å². The Morgan fingerprint density at radius 3 is 2.43 bits per heavy atom. The number of nitriles is 1. The molecule has 0 aliphatic heterocycles. The van der Waals surface area contributed by atoms with Crippen molar-refractivity contribution >= 4 is 35.0 Å². The zero-order chi connectivity index (χ0) is 21.2. The molecule has 0 heterocycles. The number of nitrogens with one attached hydrogen (secondary N) is 2. The lowest BCUT2D eigenvalue weighted by atomic mass is 10.1. The maximum absolute atomic E-state index is 12.6. The molecule has 3 aromatic rings. The van der Waals surface area contributed by atoms with E-state index >= 15 is 0 Å². The lowest BCUT2D eigenvalue weighted by Gasteiger charge is -2.10. The maximum atomic E-state index is 12.6. The number of halogens is 1. The van der Waals surface area contributed by atoms with Crippen LogP contribution in [0.1, 0.15) is 5.56 Å². The van der Waals surface area contributed by atoms with Gasteiger partial charge in [-0.25, -0.2) is 0 Å². The van der Waals surface area contributed by atoms with Crippen LogP contribution in [0.25, 0.3) is 0 Å². The van der Waals surface area contributed by atoms with E-state index in [4.69, 9.17) is 11.6 Å². The van der Waals surface area contributed by atoms with Crippen LogP contribution in [0.5, 0.6) is 0 Å². The molecule has 0 aliphatic carbocycles. The normalized spacial score (nSPS) is 10.9. The Labute approximate surface area is 185 Å². The van der Waals surface area contributed by atoms with Gasteiger partial charge in [0.2, 0.25) is 0 Å². The van der Waals surface area contributed by atoms with Crippen LogP contribution >= 0.6 is 23.4 Å². The van der Waals surface area contributed by atoms with Crippen LogP contribution < -0.4 is 10.6 Å². The second kappa shape index (κ2) is 11.1. The number of benzene rings is 3. The highest BCUT2D eigenvalue weighted by atomic mass is 35.5. The first-order valence-electron chi connectivity index (χ1n) is 9.37. The Hall–Kier alpha value is -3.20. The van der Waals surface area contributed by atoms with Gasteiger partial charge in [0, 0.05) is 27.6 Å². The standard InChI is InChI=1S/C24H20ClN3OS/c25-20-12-10-18(11-13-20)14-15-27-17-19(16-26)24(29)28-22-8-4-5-9-23(22)30-21-6-2-1-3-7-21/h1-13,17,27H,14-15H2,(H,28,29)/b19-17-. The molecule has 3 rings (SSSR count). The predicted molar refractivity (Wildman–Crippen MR) is 122 cm³/mol. The zero-order valence-electron chi connectivity index (χ0n) is 16.1. The molecule has 0 spiro atoms. The van der Waals surface area contributed by atoms with Crippen molar-refractivity contribution in [1.82, 2.24) is 5.32 Å². The number of carbonyl (C=O) groups is 1. The smallest absolute Gasteiger partial charge is 0.267 e. The first-order chi connectivity index (χ1) is 14.7. The van der Waals surface area contributed by atoms with Crippen molar-refractivity contribution in [2.45, 2.75) is 16.2 Å². The van der Waals surface area contributed by atoms with Gasteiger partial charge in [0.1, 0.15) is 11.6 Å². The van der Waals surface area contributed by atoms with Crippen LogP contribution in [0.4, 0.5) is 5.69 Å². The molecule has 0 saturated heterocycles. The summed E-state index contributed by atoms with van der Waals surface area (Å²) in [5, 5.41) is 16.0. The summed E-state index contributed by atoms with van der Waals surface area (Å²) >= 11 is 7.44. The lowest BCUT2D eigenvalue weighted by molar-refractivity contribution is -0.112. The third kappa shape index (κ3) is 6.41. The Balaban J connectivity index is 1.60. The summed E-state index contributed by atoms with van der Waals surface area (Å²) in [7, 11) is 0. The first kappa shape index (κ1) is 21.5. The third-order valence-corrected chi connectivity index (χ3v) is 5.52. The highest BCUT2D eigenvalue weighted by molar-refractivity contribution is 7.99. The Bertz CT molecular complexity index is 1060. The molecular formula is C24H20ClN3OS. The summed E-state index contributed by atoms with van der Waals surface area (Å²) in [6.45, 7) is 0.598. The fraction of sp³-hybridized carbons (Fsp3) is 0.0833. The van der Waals surface area contributed by atoms with Gasteiger partial charge in [-0.05, 0) is 48.4 Å². The summed E-state index contributed by atoms with van der Waals surface area (Å²) in [5.74, 6) is -0.447. The Morgan fingerprint density at radius 1 is 1.00 bits per heavy atom. The number of amides is 1. The molecule has 2 N–H and O–H groups in total. The highest BCUT2D eigenvalue weighted by Gasteiger charge is 2.12. The van der Waals surface area contributed by atoms with Crippen molar-refractivity contribution in [3.05, 3.63) is 101 Å². The third-order valence-electron chi connectivity index (χ3n) is 4.19. The predicted octanol–water partition coefficient (Wildman–Crippen LogP) is 5.67. The minimum absolute atomic E-state index is 0.0191. The molecule has 0 aromatic heterocycles. The van der Waals surface area contributed by atoms with Crippen LogP contribution in [0.15, 0.2) is 100 Å². The molecule has 4 nitrogen and oxygen atoms in total. The number of para-hydroxylation sites is 1. The lowest BCUT2D eigenvalue weighted by Crippen LogP contribution is -2.18. The molecule has 0 atom stereocenters. The fourth-order valence-electron chi connectivity index (χ4n) is 2.65. The van der Waals surface area contributed by atoms with Gasteiger partial charge in [0.05, 0.1) is 5.69 Å². The molecule has 6 heteroatoms. The molecule has 150 valence electrons. The molecule has 1 amide bonds. The second-order valence-electron chi connectivity index (χ2n) is 6.37. The van der Waals surface area contributed by atoms with E-state index in [0.717, 1.165) is 21.8 Å².